The lowest BCUT2D eigenvalue weighted by atomic mass is 10.2. The van der Waals surface area contributed by atoms with E-state index >= 15 is 0 Å². The molecule has 0 aliphatic carbocycles. The number of nitrogens with zero attached hydrogens (tertiary/aromatic N) is 2. The van der Waals surface area contributed by atoms with Crippen LogP contribution in [0.5, 0.6) is 0 Å². The van der Waals surface area contributed by atoms with Crippen LogP contribution in [0.3, 0.4) is 0 Å². The van der Waals surface area contributed by atoms with Crippen LogP contribution in [0.25, 0.3) is 0 Å². The van der Waals surface area contributed by atoms with Gasteiger partial charge < -0.3 is 5.32 Å². The number of aryl methyl sites for hydroxylation is 1. The van der Waals surface area contributed by atoms with Crippen molar-refractivity contribution in [2.75, 3.05) is 6.54 Å². The van der Waals surface area contributed by atoms with Crippen molar-refractivity contribution in [3.63, 3.8) is 0 Å². The first-order valence-electron chi connectivity index (χ1n) is 4.90. The van der Waals surface area contributed by atoms with Gasteiger partial charge in [-0.25, -0.2) is 0 Å². The highest BCUT2D eigenvalue weighted by molar-refractivity contribution is 9.10. The number of aromatic nitrogens is 2. The summed E-state index contributed by atoms with van der Waals surface area (Å²) in [6.07, 6.45) is 0. The summed E-state index contributed by atoms with van der Waals surface area (Å²) in [5.41, 5.74) is 1.40. The molecule has 0 aliphatic heterocycles. The van der Waals surface area contributed by atoms with Gasteiger partial charge in [-0.15, -0.1) is 0 Å². The molecule has 15 heavy (non-hydrogen) atoms. The van der Waals surface area contributed by atoms with Crippen molar-refractivity contribution in [3.05, 3.63) is 15.9 Å². The fraction of sp³-hybridized carbons (Fsp3) is 0.600. The second-order valence-electron chi connectivity index (χ2n) is 3.98. The zero-order valence-corrected chi connectivity index (χ0v) is 11.1. The maximum atomic E-state index is 11.7. The number of carbonyl (C=O) groups is 1. The summed E-state index contributed by atoms with van der Waals surface area (Å²) in [6.45, 7) is 6.69. The quantitative estimate of drug-likeness (QED) is 0.914. The number of nitrogens with one attached hydrogen (secondary N) is 1. The van der Waals surface area contributed by atoms with E-state index in [-0.39, 0.29) is 5.91 Å². The Morgan fingerprint density at radius 1 is 1.60 bits per heavy atom. The second-order valence-corrected chi connectivity index (χ2v) is 4.77. The number of rotatable bonds is 3. The highest BCUT2D eigenvalue weighted by atomic mass is 79.9. The monoisotopic (exact) mass is 273 g/mol. The second kappa shape index (κ2) is 4.79. The molecule has 4 nitrogen and oxygen atoms in total. The molecule has 1 aromatic heterocycles. The van der Waals surface area contributed by atoms with E-state index in [1.807, 2.05) is 14.0 Å². The molecule has 1 amide bonds. The van der Waals surface area contributed by atoms with Gasteiger partial charge in [-0.3, -0.25) is 9.48 Å². The van der Waals surface area contributed by atoms with Gasteiger partial charge in [0.15, 0.2) is 5.69 Å². The molecule has 1 heterocycles. The van der Waals surface area contributed by atoms with Crippen molar-refractivity contribution in [2.24, 2.45) is 13.0 Å². The lowest BCUT2D eigenvalue weighted by Gasteiger charge is -2.05. The fourth-order valence-electron chi connectivity index (χ4n) is 1.11. The molecule has 1 aromatic rings. The topological polar surface area (TPSA) is 46.9 Å². The summed E-state index contributed by atoms with van der Waals surface area (Å²) in [4.78, 5) is 11.7. The van der Waals surface area contributed by atoms with Gasteiger partial charge in [0.2, 0.25) is 0 Å². The van der Waals surface area contributed by atoms with Gasteiger partial charge in [0.1, 0.15) is 0 Å². The Morgan fingerprint density at radius 2 is 2.20 bits per heavy atom. The molecule has 0 bridgehead atoms. The van der Waals surface area contributed by atoms with E-state index in [1.54, 1.807) is 4.68 Å². The molecule has 0 radical (unpaired) electrons. The third-order valence-electron chi connectivity index (χ3n) is 2.15. The lowest BCUT2D eigenvalue weighted by Crippen LogP contribution is -2.28. The van der Waals surface area contributed by atoms with Crippen LogP contribution >= 0.6 is 15.9 Å². The molecular formula is C10H16BrN3O. The Balaban J connectivity index is 2.78. The first-order chi connectivity index (χ1) is 6.93. The maximum absolute atomic E-state index is 11.7. The molecule has 0 saturated carbocycles. The van der Waals surface area contributed by atoms with Crippen LogP contribution in [0.15, 0.2) is 4.47 Å². The fourth-order valence-corrected chi connectivity index (χ4v) is 1.62. The molecule has 0 atom stereocenters. The van der Waals surface area contributed by atoms with E-state index in [2.05, 4.69) is 40.2 Å². The zero-order valence-electron chi connectivity index (χ0n) is 9.47. The van der Waals surface area contributed by atoms with Crippen molar-refractivity contribution in [1.29, 1.82) is 0 Å². The zero-order chi connectivity index (χ0) is 11.6. The Morgan fingerprint density at radius 3 is 2.60 bits per heavy atom. The molecule has 0 spiro atoms. The van der Waals surface area contributed by atoms with Crippen LogP contribution in [0.2, 0.25) is 0 Å². The summed E-state index contributed by atoms with van der Waals surface area (Å²) in [5, 5.41) is 6.98. The molecular weight excluding hydrogens is 258 g/mol. The van der Waals surface area contributed by atoms with E-state index in [0.29, 0.717) is 18.2 Å². The summed E-state index contributed by atoms with van der Waals surface area (Å²) in [6, 6.07) is 0. The SMILES string of the molecule is Cc1c(Br)c(C(=O)NCC(C)C)nn1C. The van der Waals surface area contributed by atoms with Crippen LogP contribution in [0.4, 0.5) is 0 Å². The lowest BCUT2D eigenvalue weighted by molar-refractivity contribution is 0.0942. The molecule has 0 saturated heterocycles. The van der Waals surface area contributed by atoms with E-state index < -0.39 is 0 Å². The third-order valence-corrected chi connectivity index (χ3v) is 3.10. The first-order valence-corrected chi connectivity index (χ1v) is 5.70. The van der Waals surface area contributed by atoms with Gasteiger partial charge in [0.25, 0.3) is 5.91 Å². The summed E-state index contributed by atoms with van der Waals surface area (Å²) in [7, 11) is 1.82. The minimum Gasteiger partial charge on any atom is -0.350 e. The summed E-state index contributed by atoms with van der Waals surface area (Å²) in [5.74, 6) is 0.316. The van der Waals surface area contributed by atoms with E-state index in [4.69, 9.17) is 0 Å². The minimum atomic E-state index is -0.126. The van der Waals surface area contributed by atoms with Crippen LogP contribution in [-0.2, 0) is 7.05 Å². The molecule has 0 fully saturated rings. The molecule has 1 rings (SSSR count). The summed E-state index contributed by atoms with van der Waals surface area (Å²) >= 11 is 3.36. The van der Waals surface area contributed by atoms with Gasteiger partial charge in [0.05, 0.1) is 10.2 Å². The van der Waals surface area contributed by atoms with Crippen molar-refractivity contribution >= 4 is 21.8 Å². The van der Waals surface area contributed by atoms with E-state index in [1.165, 1.54) is 0 Å². The third kappa shape index (κ3) is 2.81. The molecule has 0 unspecified atom stereocenters. The Bertz CT molecular complexity index is 371. The Hall–Kier alpha value is -0.840. The number of amides is 1. The van der Waals surface area contributed by atoms with Gasteiger partial charge in [0, 0.05) is 13.6 Å². The first kappa shape index (κ1) is 12.2. The highest BCUT2D eigenvalue weighted by Crippen LogP contribution is 2.19. The van der Waals surface area contributed by atoms with Crippen LogP contribution in [-0.4, -0.2) is 22.2 Å². The van der Waals surface area contributed by atoms with Crippen molar-refractivity contribution in [1.82, 2.24) is 15.1 Å². The average molecular weight is 274 g/mol. The minimum absolute atomic E-state index is 0.126. The van der Waals surface area contributed by atoms with Crippen LogP contribution < -0.4 is 5.32 Å². The van der Waals surface area contributed by atoms with Gasteiger partial charge in [-0.05, 0) is 28.8 Å². The molecule has 0 aliphatic rings. The number of halogens is 1. The number of carbonyl (C=O) groups excluding carboxylic acids is 1. The Labute approximate surface area is 98.2 Å². The van der Waals surface area contributed by atoms with Crippen LogP contribution in [0, 0.1) is 12.8 Å². The largest absolute Gasteiger partial charge is 0.350 e. The number of hydrogen-bond acceptors (Lipinski definition) is 2. The van der Waals surface area contributed by atoms with E-state index in [0.717, 1.165) is 10.2 Å². The predicted molar refractivity (Wildman–Crippen MR) is 62.8 cm³/mol. The maximum Gasteiger partial charge on any atom is 0.272 e. The van der Waals surface area contributed by atoms with E-state index in [9.17, 15) is 4.79 Å². The normalized spacial score (nSPS) is 10.8. The molecule has 0 aromatic carbocycles. The number of hydrogen-bond donors (Lipinski definition) is 1. The molecule has 5 heteroatoms. The van der Waals surface area contributed by atoms with Gasteiger partial charge in [-0.1, -0.05) is 13.8 Å². The predicted octanol–water partition coefficient (Wildman–Crippen LogP) is 1.88. The molecule has 1 N–H and O–H groups in total. The summed E-state index contributed by atoms with van der Waals surface area (Å²) < 4.78 is 2.46. The smallest absolute Gasteiger partial charge is 0.272 e. The van der Waals surface area contributed by atoms with Crippen molar-refractivity contribution in [3.8, 4) is 0 Å². The highest BCUT2D eigenvalue weighted by Gasteiger charge is 2.17. The standard InChI is InChI=1S/C10H16BrN3O/c1-6(2)5-12-10(15)9-8(11)7(3)14(4)13-9/h6H,5H2,1-4H3,(H,12,15). The molecule has 84 valence electrons. The Kier molecular flexibility index (Phi) is 3.90. The van der Waals surface area contributed by atoms with Crippen molar-refractivity contribution in [2.45, 2.75) is 20.8 Å². The van der Waals surface area contributed by atoms with Crippen molar-refractivity contribution < 1.29 is 4.79 Å². The average Bonchev–Trinajstić information content (AvgIpc) is 2.42. The van der Waals surface area contributed by atoms with Gasteiger partial charge in [-0.2, -0.15) is 5.10 Å². The van der Waals surface area contributed by atoms with Crippen LogP contribution in [0.1, 0.15) is 30.0 Å². The van der Waals surface area contributed by atoms with Gasteiger partial charge >= 0.3 is 0 Å².